The molecule has 0 aliphatic carbocycles. The molecule has 0 fully saturated rings. The first-order chi connectivity index (χ1) is 15.9. The number of aryl methyl sites for hydroxylation is 1. The molecule has 1 spiro atoms. The van der Waals surface area contributed by atoms with Gasteiger partial charge >= 0.3 is 0 Å². The maximum absolute atomic E-state index is 13.9. The summed E-state index contributed by atoms with van der Waals surface area (Å²) >= 11 is 0. The molecule has 4 N–H and O–H groups in total. The van der Waals surface area contributed by atoms with Crippen molar-refractivity contribution in [3.63, 3.8) is 0 Å². The summed E-state index contributed by atoms with van der Waals surface area (Å²) in [6, 6.07) is 7.11. The topological polar surface area (TPSA) is 165 Å². The van der Waals surface area contributed by atoms with Crippen LogP contribution in [0.2, 0.25) is 0 Å². The van der Waals surface area contributed by atoms with Crippen molar-refractivity contribution in [1.29, 1.82) is 0 Å². The molecule has 2 aliphatic heterocycles. The van der Waals surface area contributed by atoms with Gasteiger partial charge in [0.05, 0.1) is 12.0 Å². The number of rotatable bonds is 3. The van der Waals surface area contributed by atoms with E-state index in [4.69, 9.17) is 5.73 Å². The molecule has 12 heteroatoms. The zero-order valence-electron chi connectivity index (χ0n) is 17.4. The van der Waals surface area contributed by atoms with Gasteiger partial charge in [0.25, 0.3) is 0 Å². The van der Waals surface area contributed by atoms with E-state index in [2.05, 4.69) is 30.4 Å². The normalized spacial score (nSPS) is 19.1. The Morgan fingerprint density at radius 2 is 2.03 bits per heavy atom. The first-order valence-corrected chi connectivity index (χ1v) is 10.2. The number of nitrogens with one attached hydrogen (secondary N) is 2. The third-order valence-electron chi connectivity index (χ3n) is 6.15. The number of fused-ring (bicyclic) bond motifs is 5. The molecule has 2 aliphatic rings. The SMILES string of the molecule is Cc1nn(-c2ncnc3nc[nH]c23)c2c1C1(CC(=O)N2)C(=O)N(CC(N)=O)c2ccccc21. The number of carbonyl (C=O) groups excluding carboxylic acids is 3. The number of amides is 3. The van der Waals surface area contributed by atoms with Crippen LogP contribution in [0.4, 0.5) is 11.5 Å². The maximum atomic E-state index is 13.9. The number of carbonyl (C=O) groups is 3. The lowest BCUT2D eigenvalue weighted by Gasteiger charge is -2.33. The Kier molecular flexibility index (Phi) is 3.73. The average Bonchev–Trinajstić information content (AvgIpc) is 3.45. The number of primary amides is 1. The summed E-state index contributed by atoms with van der Waals surface area (Å²) in [6.07, 6.45) is 2.72. The van der Waals surface area contributed by atoms with E-state index >= 15 is 0 Å². The number of para-hydroxylation sites is 1. The Labute approximate surface area is 185 Å². The van der Waals surface area contributed by atoms with Crippen molar-refractivity contribution < 1.29 is 14.4 Å². The molecule has 1 unspecified atom stereocenters. The van der Waals surface area contributed by atoms with Gasteiger partial charge in [-0.25, -0.2) is 15.0 Å². The van der Waals surface area contributed by atoms with E-state index in [-0.39, 0.29) is 18.9 Å². The highest BCUT2D eigenvalue weighted by molar-refractivity contribution is 6.17. The van der Waals surface area contributed by atoms with Crippen LogP contribution in [0.15, 0.2) is 36.9 Å². The van der Waals surface area contributed by atoms with Crippen molar-refractivity contribution in [3.8, 4) is 5.82 Å². The Bertz CT molecular complexity index is 1500. The van der Waals surface area contributed by atoms with Gasteiger partial charge in [-0.3, -0.25) is 14.4 Å². The summed E-state index contributed by atoms with van der Waals surface area (Å²) in [7, 11) is 0. The van der Waals surface area contributed by atoms with E-state index < -0.39 is 17.2 Å². The maximum Gasteiger partial charge on any atom is 0.243 e. The van der Waals surface area contributed by atoms with E-state index in [0.29, 0.717) is 45.3 Å². The van der Waals surface area contributed by atoms with E-state index in [1.807, 2.05) is 0 Å². The fraction of sp³-hybridized carbons (Fsp3) is 0.190. The smallest absolute Gasteiger partial charge is 0.243 e. The molecular weight excluding hydrogens is 426 g/mol. The minimum Gasteiger partial charge on any atom is -0.368 e. The highest BCUT2D eigenvalue weighted by atomic mass is 16.2. The number of hydrogen-bond acceptors (Lipinski definition) is 7. The van der Waals surface area contributed by atoms with Gasteiger partial charge < -0.3 is 20.9 Å². The minimum absolute atomic E-state index is 0.124. The van der Waals surface area contributed by atoms with Gasteiger partial charge in [-0.1, -0.05) is 18.2 Å². The van der Waals surface area contributed by atoms with Crippen LogP contribution in [0, 0.1) is 6.92 Å². The van der Waals surface area contributed by atoms with Gasteiger partial charge in [0.1, 0.15) is 29.6 Å². The molecule has 164 valence electrons. The lowest BCUT2D eigenvalue weighted by atomic mass is 9.70. The number of anilines is 2. The first kappa shape index (κ1) is 19.1. The molecule has 4 aromatic rings. The van der Waals surface area contributed by atoms with E-state index in [0.717, 1.165) is 0 Å². The lowest BCUT2D eigenvalue weighted by molar-refractivity contribution is -0.127. The Morgan fingerprint density at radius 3 is 2.85 bits per heavy atom. The summed E-state index contributed by atoms with van der Waals surface area (Å²) in [6.45, 7) is 1.48. The van der Waals surface area contributed by atoms with Crippen molar-refractivity contribution in [2.75, 3.05) is 16.8 Å². The van der Waals surface area contributed by atoms with E-state index in [1.165, 1.54) is 22.2 Å². The van der Waals surface area contributed by atoms with Crippen molar-refractivity contribution in [2.24, 2.45) is 5.73 Å². The quantitative estimate of drug-likeness (QED) is 0.410. The fourth-order valence-electron chi connectivity index (χ4n) is 4.98. The number of benzene rings is 1. The lowest BCUT2D eigenvalue weighted by Crippen LogP contribution is -2.48. The summed E-state index contributed by atoms with van der Waals surface area (Å²) in [5.74, 6) is -0.682. The molecule has 0 saturated carbocycles. The number of aromatic nitrogens is 6. The molecule has 3 aromatic heterocycles. The highest BCUT2D eigenvalue weighted by Gasteiger charge is 2.58. The molecule has 3 amide bonds. The summed E-state index contributed by atoms with van der Waals surface area (Å²) in [4.78, 5) is 55.6. The number of nitrogens with two attached hydrogens (primary N) is 1. The van der Waals surface area contributed by atoms with Crippen LogP contribution in [0.25, 0.3) is 17.0 Å². The van der Waals surface area contributed by atoms with E-state index in [9.17, 15) is 14.4 Å². The van der Waals surface area contributed by atoms with E-state index in [1.54, 1.807) is 31.2 Å². The zero-order valence-corrected chi connectivity index (χ0v) is 17.4. The predicted octanol–water partition coefficient (Wildman–Crippen LogP) is 0.307. The van der Waals surface area contributed by atoms with Gasteiger partial charge in [0.2, 0.25) is 17.7 Å². The number of aromatic amines is 1. The number of hydrogen-bond donors (Lipinski definition) is 3. The molecule has 6 rings (SSSR count). The van der Waals surface area contributed by atoms with Crippen molar-refractivity contribution in [1.82, 2.24) is 29.7 Å². The first-order valence-electron chi connectivity index (χ1n) is 10.2. The van der Waals surface area contributed by atoms with Gasteiger partial charge in [0.15, 0.2) is 11.5 Å². The summed E-state index contributed by atoms with van der Waals surface area (Å²) in [5, 5.41) is 7.51. The summed E-state index contributed by atoms with van der Waals surface area (Å²) in [5.41, 5.74) is 7.33. The Morgan fingerprint density at radius 1 is 1.21 bits per heavy atom. The predicted molar refractivity (Wildman–Crippen MR) is 116 cm³/mol. The molecule has 1 aromatic carbocycles. The third kappa shape index (κ3) is 2.42. The molecule has 12 nitrogen and oxygen atoms in total. The van der Waals surface area contributed by atoms with Gasteiger partial charge in [0, 0.05) is 17.7 Å². The van der Waals surface area contributed by atoms with Crippen molar-refractivity contribution in [3.05, 3.63) is 53.7 Å². The molecule has 0 bridgehead atoms. The molecule has 0 saturated heterocycles. The van der Waals surface area contributed by atoms with Gasteiger partial charge in [-0.15, -0.1) is 0 Å². The van der Waals surface area contributed by atoms with Crippen LogP contribution < -0.4 is 16.0 Å². The third-order valence-corrected chi connectivity index (χ3v) is 6.15. The minimum atomic E-state index is -1.34. The number of imidazole rings is 1. The monoisotopic (exact) mass is 443 g/mol. The Hall–Kier alpha value is -4.61. The number of nitrogens with zero attached hydrogens (tertiary/aromatic N) is 6. The zero-order chi connectivity index (χ0) is 22.9. The van der Waals surface area contributed by atoms with Gasteiger partial charge in [-0.2, -0.15) is 9.78 Å². The van der Waals surface area contributed by atoms with Crippen LogP contribution >= 0.6 is 0 Å². The van der Waals surface area contributed by atoms with Crippen molar-refractivity contribution >= 4 is 40.4 Å². The van der Waals surface area contributed by atoms with Crippen LogP contribution in [0.5, 0.6) is 0 Å². The molecular formula is C21H17N9O3. The van der Waals surface area contributed by atoms with Crippen LogP contribution in [-0.4, -0.2) is 54.0 Å². The largest absolute Gasteiger partial charge is 0.368 e. The van der Waals surface area contributed by atoms with Gasteiger partial charge in [-0.05, 0) is 18.6 Å². The summed E-state index contributed by atoms with van der Waals surface area (Å²) < 4.78 is 1.48. The standard InChI is InChI=1S/C21H17N9O3/c1-10-15-18(30(28-10)19-16-17(24-8-23-16)25-9-26-19)27-14(32)6-21(15)11-4-2-3-5-12(11)29(20(21)33)7-13(22)31/h2-5,8-9H,6-7H2,1H3,(H2,22,31)(H,27,32)(H,23,24,25,26). The molecule has 33 heavy (non-hydrogen) atoms. The second-order valence-corrected chi connectivity index (χ2v) is 8.02. The van der Waals surface area contributed by atoms with Crippen LogP contribution in [0.1, 0.15) is 23.2 Å². The average molecular weight is 443 g/mol. The highest BCUT2D eigenvalue weighted by Crippen LogP contribution is 2.53. The number of H-pyrrole nitrogens is 1. The van der Waals surface area contributed by atoms with Crippen LogP contribution in [-0.2, 0) is 19.8 Å². The Balaban J connectivity index is 1.64. The van der Waals surface area contributed by atoms with Crippen LogP contribution in [0.3, 0.4) is 0 Å². The second kappa shape index (κ2) is 6.45. The molecule has 5 heterocycles. The molecule has 1 atom stereocenters. The second-order valence-electron chi connectivity index (χ2n) is 8.02. The van der Waals surface area contributed by atoms with Crippen molar-refractivity contribution in [2.45, 2.75) is 18.8 Å². The molecule has 0 radical (unpaired) electrons. The fourth-order valence-corrected chi connectivity index (χ4v) is 4.98.